The summed E-state index contributed by atoms with van der Waals surface area (Å²) < 4.78 is 0. The fourth-order valence-corrected chi connectivity index (χ4v) is 1.95. The van der Waals surface area contributed by atoms with E-state index in [0.717, 1.165) is 24.3 Å². The van der Waals surface area contributed by atoms with Gasteiger partial charge in [0.05, 0.1) is 5.56 Å². The molecule has 0 aliphatic carbocycles. The summed E-state index contributed by atoms with van der Waals surface area (Å²) >= 11 is 0. The molecule has 1 aromatic rings. The molecule has 0 atom stereocenters. The maximum absolute atomic E-state index is 9.07. The molecule has 1 rings (SSSR count). The van der Waals surface area contributed by atoms with Crippen LogP contribution in [0, 0.1) is 18.3 Å². The third-order valence-corrected chi connectivity index (χ3v) is 3.09. The molecule has 3 nitrogen and oxygen atoms in total. The lowest BCUT2D eigenvalue weighted by atomic mass is 10.1. The van der Waals surface area contributed by atoms with Gasteiger partial charge < -0.3 is 5.32 Å². The van der Waals surface area contributed by atoms with Gasteiger partial charge in [0.25, 0.3) is 0 Å². The number of nitriles is 1. The van der Waals surface area contributed by atoms with E-state index >= 15 is 0 Å². The molecule has 1 N–H and O–H groups in total. The maximum Gasteiger partial charge on any atom is 0.144 e. The van der Waals surface area contributed by atoms with Crippen molar-refractivity contribution in [1.29, 1.82) is 5.26 Å². The Labute approximate surface area is 110 Å². The third kappa shape index (κ3) is 4.75. The number of rotatable bonds is 8. The van der Waals surface area contributed by atoms with Crippen LogP contribution in [-0.4, -0.2) is 11.5 Å². The predicted octanol–water partition coefficient (Wildman–Crippen LogP) is 4.03. The molecule has 18 heavy (non-hydrogen) atoms. The first kappa shape index (κ1) is 14.5. The van der Waals surface area contributed by atoms with Crippen molar-refractivity contribution in [2.24, 2.45) is 0 Å². The Bertz CT molecular complexity index is 393. The van der Waals surface area contributed by atoms with Crippen LogP contribution in [0.3, 0.4) is 0 Å². The number of hydrogen-bond acceptors (Lipinski definition) is 3. The Morgan fingerprint density at radius 3 is 2.67 bits per heavy atom. The SMILES string of the molecule is CCCCCCCCNc1nccc(C)c1C#N. The number of nitrogens with zero attached hydrogens (tertiary/aromatic N) is 2. The van der Waals surface area contributed by atoms with Crippen molar-refractivity contribution in [3.8, 4) is 6.07 Å². The normalized spacial score (nSPS) is 10.1. The van der Waals surface area contributed by atoms with Crippen molar-refractivity contribution < 1.29 is 0 Å². The first-order chi connectivity index (χ1) is 8.79. The number of unbranched alkanes of at least 4 members (excludes halogenated alkanes) is 5. The first-order valence-electron chi connectivity index (χ1n) is 6.89. The van der Waals surface area contributed by atoms with E-state index < -0.39 is 0 Å². The topological polar surface area (TPSA) is 48.7 Å². The first-order valence-corrected chi connectivity index (χ1v) is 6.89. The Morgan fingerprint density at radius 1 is 1.22 bits per heavy atom. The van der Waals surface area contributed by atoms with E-state index in [2.05, 4.69) is 23.3 Å². The van der Waals surface area contributed by atoms with Crippen molar-refractivity contribution in [3.63, 3.8) is 0 Å². The quantitative estimate of drug-likeness (QED) is 0.703. The summed E-state index contributed by atoms with van der Waals surface area (Å²) in [6.45, 7) is 5.07. The maximum atomic E-state index is 9.07. The highest BCUT2D eigenvalue weighted by Crippen LogP contribution is 2.15. The second-order valence-corrected chi connectivity index (χ2v) is 4.66. The number of aromatic nitrogens is 1. The molecule has 0 saturated carbocycles. The van der Waals surface area contributed by atoms with Crippen LogP contribution < -0.4 is 5.32 Å². The van der Waals surface area contributed by atoms with Crippen LogP contribution >= 0.6 is 0 Å². The smallest absolute Gasteiger partial charge is 0.144 e. The minimum atomic E-state index is 0.670. The number of aryl methyl sites for hydroxylation is 1. The number of nitrogens with one attached hydrogen (secondary N) is 1. The summed E-state index contributed by atoms with van der Waals surface area (Å²) in [5, 5.41) is 12.3. The summed E-state index contributed by atoms with van der Waals surface area (Å²) in [7, 11) is 0. The fourth-order valence-electron chi connectivity index (χ4n) is 1.95. The van der Waals surface area contributed by atoms with Crippen LogP contribution in [0.15, 0.2) is 12.3 Å². The highest BCUT2D eigenvalue weighted by Gasteiger charge is 2.04. The van der Waals surface area contributed by atoms with Gasteiger partial charge in [-0.15, -0.1) is 0 Å². The van der Waals surface area contributed by atoms with E-state index in [1.807, 2.05) is 13.0 Å². The molecule has 0 unspecified atom stereocenters. The molecule has 0 aliphatic heterocycles. The molecule has 0 fully saturated rings. The lowest BCUT2D eigenvalue weighted by molar-refractivity contribution is 0.617. The molecule has 0 radical (unpaired) electrons. The fraction of sp³-hybridized carbons (Fsp3) is 0.600. The van der Waals surface area contributed by atoms with E-state index in [4.69, 9.17) is 5.26 Å². The Balaban J connectivity index is 2.28. The summed E-state index contributed by atoms with van der Waals surface area (Å²) in [4.78, 5) is 4.22. The molecule has 98 valence electrons. The number of anilines is 1. The van der Waals surface area contributed by atoms with Gasteiger partial charge in [0.15, 0.2) is 0 Å². The Kier molecular flexibility index (Phi) is 6.86. The van der Waals surface area contributed by atoms with Crippen LogP contribution in [-0.2, 0) is 0 Å². The largest absolute Gasteiger partial charge is 0.369 e. The molecular weight excluding hydrogens is 222 g/mol. The Hall–Kier alpha value is -1.56. The van der Waals surface area contributed by atoms with Crippen LogP contribution in [0.5, 0.6) is 0 Å². The molecule has 0 spiro atoms. The molecule has 0 bridgehead atoms. The van der Waals surface area contributed by atoms with Crippen LogP contribution in [0.4, 0.5) is 5.82 Å². The van der Waals surface area contributed by atoms with Crippen molar-refractivity contribution in [1.82, 2.24) is 4.98 Å². The van der Waals surface area contributed by atoms with Gasteiger partial charge in [-0.1, -0.05) is 39.0 Å². The molecule has 0 saturated heterocycles. The minimum absolute atomic E-state index is 0.670. The third-order valence-electron chi connectivity index (χ3n) is 3.09. The monoisotopic (exact) mass is 245 g/mol. The van der Waals surface area contributed by atoms with Gasteiger partial charge in [0.1, 0.15) is 11.9 Å². The lowest BCUT2D eigenvalue weighted by Crippen LogP contribution is -2.06. The van der Waals surface area contributed by atoms with Gasteiger partial charge in [0.2, 0.25) is 0 Å². The van der Waals surface area contributed by atoms with Crippen LogP contribution in [0.2, 0.25) is 0 Å². The minimum Gasteiger partial charge on any atom is -0.369 e. The lowest BCUT2D eigenvalue weighted by Gasteiger charge is -2.08. The Morgan fingerprint density at radius 2 is 1.94 bits per heavy atom. The van der Waals surface area contributed by atoms with E-state index in [0.29, 0.717) is 5.56 Å². The standard InChI is InChI=1S/C15H23N3/c1-3-4-5-6-7-8-10-17-15-14(12-16)13(2)9-11-18-15/h9,11H,3-8,10H2,1-2H3,(H,17,18). The zero-order valence-corrected chi connectivity index (χ0v) is 11.5. The highest BCUT2D eigenvalue weighted by atomic mass is 15.0. The molecule has 3 heteroatoms. The number of hydrogen-bond donors (Lipinski definition) is 1. The van der Waals surface area contributed by atoms with E-state index in [9.17, 15) is 0 Å². The van der Waals surface area contributed by atoms with Gasteiger partial charge in [-0.25, -0.2) is 4.98 Å². The van der Waals surface area contributed by atoms with Gasteiger partial charge in [-0.3, -0.25) is 0 Å². The summed E-state index contributed by atoms with van der Waals surface area (Å²) in [5.41, 5.74) is 1.65. The van der Waals surface area contributed by atoms with Gasteiger partial charge in [-0.2, -0.15) is 5.26 Å². The zero-order valence-electron chi connectivity index (χ0n) is 11.5. The number of pyridine rings is 1. The average molecular weight is 245 g/mol. The van der Waals surface area contributed by atoms with E-state index in [-0.39, 0.29) is 0 Å². The predicted molar refractivity (Wildman–Crippen MR) is 75.6 cm³/mol. The zero-order chi connectivity index (χ0) is 13.2. The second kappa shape index (κ2) is 8.52. The van der Waals surface area contributed by atoms with Crippen molar-refractivity contribution in [3.05, 3.63) is 23.4 Å². The van der Waals surface area contributed by atoms with Crippen molar-refractivity contribution in [2.45, 2.75) is 52.4 Å². The summed E-state index contributed by atoms with van der Waals surface area (Å²) in [6, 6.07) is 4.08. The molecule has 0 aliphatic rings. The molecular formula is C15H23N3. The van der Waals surface area contributed by atoms with Crippen molar-refractivity contribution >= 4 is 5.82 Å². The second-order valence-electron chi connectivity index (χ2n) is 4.66. The van der Waals surface area contributed by atoms with E-state index in [1.54, 1.807) is 6.20 Å². The van der Waals surface area contributed by atoms with Gasteiger partial charge >= 0.3 is 0 Å². The molecule has 1 aromatic heterocycles. The highest BCUT2D eigenvalue weighted by molar-refractivity contribution is 5.55. The van der Waals surface area contributed by atoms with Crippen LogP contribution in [0.1, 0.15) is 56.6 Å². The van der Waals surface area contributed by atoms with Gasteiger partial charge in [-0.05, 0) is 25.0 Å². The molecule has 1 heterocycles. The summed E-state index contributed by atoms with van der Waals surface area (Å²) in [5.74, 6) is 0.728. The summed E-state index contributed by atoms with van der Waals surface area (Å²) in [6.07, 6.45) is 9.41. The van der Waals surface area contributed by atoms with Crippen molar-refractivity contribution in [2.75, 3.05) is 11.9 Å². The molecule has 0 amide bonds. The molecule has 0 aromatic carbocycles. The van der Waals surface area contributed by atoms with Crippen LogP contribution in [0.25, 0.3) is 0 Å². The average Bonchev–Trinajstić information content (AvgIpc) is 2.38. The van der Waals surface area contributed by atoms with E-state index in [1.165, 1.54) is 32.1 Å². The van der Waals surface area contributed by atoms with Gasteiger partial charge in [0, 0.05) is 12.7 Å².